The SMILES string of the molecule is CSc1ccc(CN(C)Cc2ccc(C#N)cc2)cc1. The minimum absolute atomic E-state index is 0.712. The lowest BCUT2D eigenvalue weighted by atomic mass is 10.1. The molecule has 0 aliphatic carbocycles. The van der Waals surface area contributed by atoms with Crippen molar-refractivity contribution in [2.45, 2.75) is 18.0 Å². The van der Waals surface area contributed by atoms with Gasteiger partial charge in [0, 0.05) is 18.0 Å². The van der Waals surface area contributed by atoms with Crippen LogP contribution in [0.5, 0.6) is 0 Å². The Morgan fingerprint density at radius 3 is 1.90 bits per heavy atom. The summed E-state index contributed by atoms with van der Waals surface area (Å²) in [5.41, 5.74) is 3.26. The van der Waals surface area contributed by atoms with Crippen LogP contribution in [0.2, 0.25) is 0 Å². The van der Waals surface area contributed by atoms with E-state index < -0.39 is 0 Å². The van der Waals surface area contributed by atoms with Gasteiger partial charge in [0.15, 0.2) is 0 Å². The van der Waals surface area contributed by atoms with Crippen molar-refractivity contribution in [1.29, 1.82) is 5.26 Å². The van der Waals surface area contributed by atoms with Crippen LogP contribution in [-0.2, 0) is 13.1 Å². The summed E-state index contributed by atoms with van der Waals surface area (Å²) in [5, 5.41) is 8.79. The molecule has 0 bridgehead atoms. The van der Waals surface area contributed by atoms with Crippen LogP contribution in [0.1, 0.15) is 16.7 Å². The molecule has 0 unspecified atom stereocenters. The summed E-state index contributed by atoms with van der Waals surface area (Å²) in [6.45, 7) is 1.81. The molecule has 0 aromatic heterocycles. The molecule has 0 saturated carbocycles. The van der Waals surface area contributed by atoms with Crippen LogP contribution in [0.15, 0.2) is 53.4 Å². The highest BCUT2D eigenvalue weighted by Crippen LogP contribution is 2.16. The van der Waals surface area contributed by atoms with Gasteiger partial charge in [0.05, 0.1) is 11.6 Å². The number of thioether (sulfide) groups is 1. The largest absolute Gasteiger partial charge is 0.298 e. The second-order valence-electron chi connectivity index (χ2n) is 4.83. The summed E-state index contributed by atoms with van der Waals surface area (Å²) in [4.78, 5) is 3.57. The number of benzene rings is 2. The van der Waals surface area contributed by atoms with E-state index in [4.69, 9.17) is 5.26 Å². The first-order chi connectivity index (χ1) is 9.71. The topological polar surface area (TPSA) is 27.0 Å². The fourth-order valence-electron chi connectivity index (χ4n) is 2.09. The molecular weight excluding hydrogens is 264 g/mol. The summed E-state index contributed by atoms with van der Waals surface area (Å²) in [6.07, 6.45) is 2.09. The zero-order valence-corrected chi connectivity index (χ0v) is 12.7. The second-order valence-corrected chi connectivity index (χ2v) is 5.71. The Morgan fingerprint density at radius 2 is 1.45 bits per heavy atom. The van der Waals surface area contributed by atoms with Gasteiger partial charge in [0.25, 0.3) is 0 Å². The third-order valence-electron chi connectivity index (χ3n) is 3.15. The lowest BCUT2D eigenvalue weighted by molar-refractivity contribution is 0.319. The van der Waals surface area contributed by atoms with Crippen LogP contribution in [0.3, 0.4) is 0 Å². The summed E-state index contributed by atoms with van der Waals surface area (Å²) in [5.74, 6) is 0. The number of hydrogen-bond acceptors (Lipinski definition) is 3. The van der Waals surface area contributed by atoms with Gasteiger partial charge >= 0.3 is 0 Å². The molecule has 0 atom stereocenters. The van der Waals surface area contributed by atoms with Crippen molar-refractivity contribution < 1.29 is 0 Å². The molecule has 0 aliphatic rings. The Hall–Kier alpha value is -1.76. The first kappa shape index (κ1) is 14.6. The van der Waals surface area contributed by atoms with Crippen molar-refractivity contribution in [1.82, 2.24) is 4.90 Å². The Balaban J connectivity index is 1.93. The molecule has 0 heterocycles. The van der Waals surface area contributed by atoms with Crippen LogP contribution in [0.25, 0.3) is 0 Å². The van der Waals surface area contributed by atoms with E-state index in [1.165, 1.54) is 16.0 Å². The third-order valence-corrected chi connectivity index (χ3v) is 3.89. The van der Waals surface area contributed by atoms with E-state index >= 15 is 0 Å². The van der Waals surface area contributed by atoms with Gasteiger partial charge < -0.3 is 0 Å². The van der Waals surface area contributed by atoms with Gasteiger partial charge in [-0.2, -0.15) is 5.26 Å². The molecule has 102 valence electrons. The zero-order chi connectivity index (χ0) is 14.4. The molecule has 2 aromatic carbocycles. The van der Waals surface area contributed by atoms with Gasteiger partial charge in [0.2, 0.25) is 0 Å². The molecule has 0 saturated heterocycles. The fraction of sp³-hybridized carbons (Fsp3) is 0.235. The van der Waals surface area contributed by atoms with Gasteiger partial charge in [-0.1, -0.05) is 24.3 Å². The fourth-order valence-corrected chi connectivity index (χ4v) is 2.50. The molecule has 2 aromatic rings. The lowest BCUT2D eigenvalue weighted by Crippen LogP contribution is -2.17. The molecule has 20 heavy (non-hydrogen) atoms. The van der Waals surface area contributed by atoms with E-state index in [-0.39, 0.29) is 0 Å². The molecule has 2 rings (SSSR count). The average molecular weight is 282 g/mol. The Bertz CT molecular complexity index is 582. The van der Waals surface area contributed by atoms with Crippen molar-refractivity contribution in [2.24, 2.45) is 0 Å². The normalized spacial score (nSPS) is 10.5. The van der Waals surface area contributed by atoms with E-state index in [1.807, 2.05) is 24.3 Å². The predicted octanol–water partition coefficient (Wildman–Crippen LogP) is 3.91. The maximum atomic E-state index is 8.79. The maximum absolute atomic E-state index is 8.79. The van der Waals surface area contributed by atoms with Crippen molar-refractivity contribution in [3.8, 4) is 6.07 Å². The van der Waals surface area contributed by atoms with Crippen molar-refractivity contribution in [3.63, 3.8) is 0 Å². The predicted molar refractivity (Wildman–Crippen MR) is 84.6 cm³/mol. The maximum Gasteiger partial charge on any atom is 0.0991 e. The van der Waals surface area contributed by atoms with Crippen LogP contribution in [0, 0.1) is 11.3 Å². The van der Waals surface area contributed by atoms with Crippen molar-refractivity contribution in [3.05, 3.63) is 65.2 Å². The molecule has 0 fully saturated rings. The van der Waals surface area contributed by atoms with Gasteiger partial charge in [-0.3, -0.25) is 4.90 Å². The molecule has 0 N–H and O–H groups in total. The Kier molecular flexibility index (Phi) is 5.23. The molecule has 3 heteroatoms. The van der Waals surface area contributed by atoms with Crippen LogP contribution in [-0.4, -0.2) is 18.2 Å². The number of hydrogen-bond donors (Lipinski definition) is 0. The van der Waals surface area contributed by atoms with Gasteiger partial charge in [-0.25, -0.2) is 0 Å². The number of nitriles is 1. The lowest BCUT2D eigenvalue weighted by Gasteiger charge is -2.17. The minimum atomic E-state index is 0.712. The number of nitrogens with zero attached hydrogens (tertiary/aromatic N) is 2. The van der Waals surface area contributed by atoms with E-state index in [2.05, 4.69) is 48.5 Å². The van der Waals surface area contributed by atoms with Crippen molar-refractivity contribution in [2.75, 3.05) is 13.3 Å². The number of rotatable bonds is 5. The average Bonchev–Trinajstić information content (AvgIpc) is 2.49. The first-order valence-corrected chi connectivity index (χ1v) is 7.74. The highest BCUT2D eigenvalue weighted by atomic mass is 32.2. The molecule has 0 aliphatic heterocycles. The molecule has 0 amide bonds. The summed E-state index contributed by atoms with van der Waals surface area (Å²) < 4.78 is 0. The summed E-state index contributed by atoms with van der Waals surface area (Å²) >= 11 is 1.76. The molecule has 2 nitrogen and oxygen atoms in total. The minimum Gasteiger partial charge on any atom is -0.298 e. The Labute approximate surface area is 125 Å². The van der Waals surface area contributed by atoms with Crippen LogP contribution < -0.4 is 0 Å². The van der Waals surface area contributed by atoms with Gasteiger partial charge in [-0.05, 0) is 48.7 Å². The van der Waals surface area contributed by atoms with E-state index in [0.29, 0.717) is 5.56 Å². The van der Waals surface area contributed by atoms with E-state index in [9.17, 15) is 0 Å². The van der Waals surface area contributed by atoms with E-state index in [0.717, 1.165) is 13.1 Å². The van der Waals surface area contributed by atoms with Gasteiger partial charge in [-0.15, -0.1) is 11.8 Å². The van der Waals surface area contributed by atoms with Gasteiger partial charge in [0.1, 0.15) is 0 Å². The molecule has 0 radical (unpaired) electrons. The van der Waals surface area contributed by atoms with E-state index in [1.54, 1.807) is 11.8 Å². The highest BCUT2D eigenvalue weighted by molar-refractivity contribution is 7.98. The summed E-state index contributed by atoms with van der Waals surface area (Å²) in [6, 6.07) is 18.6. The second kappa shape index (κ2) is 7.14. The van der Waals surface area contributed by atoms with Crippen LogP contribution in [0.4, 0.5) is 0 Å². The first-order valence-electron chi connectivity index (χ1n) is 6.52. The Morgan fingerprint density at radius 1 is 0.950 bits per heavy atom. The quantitative estimate of drug-likeness (QED) is 0.778. The molecular formula is C17H18N2S. The standard InChI is InChI=1S/C17H18N2S/c1-19(12-15-5-3-14(11-18)4-6-15)13-16-7-9-17(20-2)10-8-16/h3-10H,12-13H2,1-2H3. The van der Waals surface area contributed by atoms with Crippen LogP contribution >= 0.6 is 11.8 Å². The van der Waals surface area contributed by atoms with Crippen molar-refractivity contribution >= 4 is 11.8 Å². The monoisotopic (exact) mass is 282 g/mol. The smallest absolute Gasteiger partial charge is 0.0991 e. The molecule has 0 spiro atoms. The highest BCUT2D eigenvalue weighted by Gasteiger charge is 2.02. The third kappa shape index (κ3) is 4.12. The summed E-state index contributed by atoms with van der Waals surface area (Å²) in [7, 11) is 2.11. The zero-order valence-electron chi connectivity index (χ0n) is 11.8.